The molecule has 0 heterocycles. The third-order valence-electron chi connectivity index (χ3n) is 3.47. The zero-order valence-corrected chi connectivity index (χ0v) is 13.0. The maximum Gasteiger partial charge on any atom is 0.120 e. The predicted molar refractivity (Wildman–Crippen MR) is 88.8 cm³/mol. The van der Waals surface area contributed by atoms with Gasteiger partial charge in [0.2, 0.25) is 0 Å². The molecule has 0 bridgehead atoms. The lowest BCUT2D eigenvalue weighted by molar-refractivity contribution is 0.242. The minimum absolute atomic E-state index is 0.128. The van der Waals surface area contributed by atoms with E-state index >= 15 is 0 Å². The highest BCUT2D eigenvalue weighted by Crippen LogP contribution is 2.27. The standard InChI is InChI=1S/C18H24N2O/c1-14(2)21-17-11-7-8-15(12-17)18(13-19)20(3)16-9-5-4-6-10-16/h4-12,14,18H,13,19H2,1-3H3. The highest BCUT2D eigenvalue weighted by Gasteiger charge is 2.16. The van der Waals surface area contributed by atoms with Gasteiger partial charge in [-0.2, -0.15) is 0 Å². The number of nitrogens with two attached hydrogens (primary N) is 1. The molecular weight excluding hydrogens is 260 g/mol. The molecule has 0 saturated carbocycles. The lowest BCUT2D eigenvalue weighted by Crippen LogP contribution is -2.30. The van der Waals surface area contributed by atoms with E-state index in [1.807, 2.05) is 44.2 Å². The van der Waals surface area contributed by atoms with Crippen LogP contribution in [-0.4, -0.2) is 19.7 Å². The molecular formula is C18H24N2O. The van der Waals surface area contributed by atoms with Crippen molar-refractivity contribution in [1.82, 2.24) is 0 Å². The average Bonchev–Trinajstić information content (AvgIpc) is 2.48. The Bertz CT molecular complexity index is 554. The highest BCUT2D eigenvalue weighted by molar-refractivity contribution is 5.48. The van der Waals surface area contributed by atoms with Crippen LogP contribution in [0.15, 0.2) is 54.6 Å². The number of ether oxygens (including phenoxy) is 1. The Morgan fingerprint density at radius 3 is 2.38 bits per heavy atom. The maximum atomic E-state index is 6.01. The van der Waals surface area contributed by atoms with E-state index in [1.165, 1.54) is 5.56 Å². The zero-order chi connectivity index (χ0) is 15.2. The molecule has 0 aliphatic carbocycles. The molecule has 21 heavy (non-hydrogen) atoms. The number of anilines is 1. The SMILES string of the molecule is CC(C)Oc1cccc(C(CN)N(C)c2ccccc2)c1. The summed E-state index contributed by atoms with van der Waals surface area (Å²) in [6.45, 7) is 4.61. The van der Waals surface area contributed by atoms with E-state index in [1.54, 1.807) is 0 Å². The van der Waals surface area contributed by atoms with Crippen molar-refractivity contribution in [3.05, 3.63) is 60.2 Å². The zero-order valence-electron chi connectivity index (χ0n) is 13.0. The summed E-state index contributed by atoms with van der Waals surface area (Å²) in [7, 11) is 2.07. The van der Waals surface area contributed by atoms with E-state index in [2.05, 4.69) is 36.2 Å². The van der Waals surface area contributed by atoms with Gasteiger partial charge in [-0.15, -0.1) is 0 Å². The van der Waals surface area contributed by atoms with Crippen LogP contribution >= 0.6 is 0 Å². The van der Waals surface area contributed by atoms with E-state index in [-0.39, 0.29) is 12.1 Å². The minimum Gasteiger partial charge on any atom is -0.491 e. The summed E-state index contributed by atoms with van der Waals surface area (Å²) in [6, 6.07) is 18.6. The van der Waals surface area contributed by atoms with Gasteiger partial charge in [0.25, 0.3) is 0 Å². The third kappa shape index (κ3) is 3.99. The summed E-state index contributed by atoms with van der Waals surface area (Å²) >= 11 is 0. The smallest absolute Gasteiger partial charge is 0.120 e. The molecule has 3 heteroatoms. The molecule has 2 N–H and O–H groups in total. The second-order valence-electron chi connectivity index (χ2n) is 5.44. The number of benzene rings is 2. The number of rotatable bonds is 6. The highest BCUT2D eigenvalue weighted by atomic mass is 16.5. The van der Waals surface area contributed by atoms with Gasteiger partial charge in [-0.25, -0.2) is 0 Å². The Morgan fingerprint density at radius 1 is 1.05 bits per heavy atom. The van der Waals surface area contributed by atoms with Gasteiger partial charge in [0.1, 0.15) is 5.75 Å². The Labute approximate surface area is 127 Å². The first kappa shape index (κ1) is 15.4. The molecule has 0 aromatic heterocycles. The third-order valence-corrected chi connectivity index (χ3v) is 3.47. The van der Waals surface area contributed by atoms with Gasteiger partial charge in [-0.3, -0.25) is 0 Å². The first-order valence-electron chi connectivity index (χ1n) is 7.36. The lowest BCUT2D eigenvalue weighted by atomic mass is 10.0. The molecule has 0 fully saturated rings. The van der Waals surface area contributed by atoms with Crippen molar-refractivity contribution in [1.29, 1.82) is 0 Å². The largest absolute Gasteiger partial charge is 0.491 e. The van der Waals surface area contributed by atoms with Crippen molar-refractivity contribution in [2.75, 3.05) is 18.5 Å². The maximum absolute atomic E-state index is 6.01. The molecule has 2 aromatic carbocycles. The Hall–Kier alpha value is -2.00. The molecule has 2 aromatic rings. The second kappa shape index (κ2) is 7.14. The second-order valence-corrected chi connectivity index (χ2v) is 5.44. The fraction of sp³-hybridized carbons (Fsp3) is 0.333. The first-order chi connectivity index (χ1) is 10.1. The molecule has 0 radical (unpaired) electrons. The van der Waals surface area contributed by atoms with Crippen molar-refractivity contribution in [3.8, 4) is 5.75 Å². The molecule has 1 atom stereocenters. The van der Waals surface area contributed by atoms with Gasteiger partial charge in [0, 0.05) is 19.3 Å². The Kier molecular flexibility index (Phi) is 5.23. The molecule has 112 valence electrons. The van der Waals surface area contributed by atoms with Crippen LogP contribution in [0.3, 0.4) is 0 Å². The first-order valence-corrected chi connectivity index (χ1v) is 7.36. The van der Waals surface area contributed by atoms with Crippen LogP contribution in [0.4, 0.5) is 5.69 Å². The van der Waals surface area contributed by atoms with Gasteiger partial charge in [0.15, 0.2) is 0 Å². The van der Waals surface area contributed by atoms with E-state index in [0.29, 0.717) is 6.54 Å². The number of hydrogen-bond donors (Lipinski definition) is 1. The lowest BCUT2D eigenvalue weighted by Gasteiger charge is -2.29. The molecule has 1 unspecified atom stereocenters. The van der Waals surface area contributed by atoms with Crippen LogP contribution in [0.1, 0.15) is 25.5 Å². The number of likely N-dealkylation sites (N-methyl/N-ethyl adjacent to an activating group) is 1. The molecule has 0 aliphatic heterocycles. The molecule has 0 amide bonds. The monoisotopic (exact) mass is 284 g/mol. The summed E-state index contributed by atoms with van der Waals surface area (Å²) < 4.78 is 5.78. The topological polar surface area (TPSA) is 38.5 Å². The molecule has 0 aliphatic rings. The van der Waals surface area contributed by atoms with E-state index in [4.69, 9.17) is 10.5 Å². The van der Waals surface area contributed by atoms with E-state index < -0.39 is 0 Å². The van der Waals surface area contributed by atoms with Gasteiger partial charge in [-0.1, -0.05) is 30.3 Å². The van der Waals surface area contributed by atoms with Crippen LogP contribution in [0.25, 0.3) is 0 Å². The van der Waals surface area contributed by atoms with E-state index in [9.17, 15) is 0 Å². The predicted octanol–water partition coefficient (Wildman–Crippen LogP) is 3.61. The van der Waals surface area contributed by atoms with Gasteiger partial charge in [-0.05, 0) is 43.7 Å². The normalized spacial score (nSPS) is 12.2. The summed E-state index contributed by atoms with van der Waals surface area (Å²) in [5.41, 5.74) is 8.34. The van der Waals surface area contributed by atoms with Crippen molar-refractivity contribution >= 4 is 5.69 Å². The fourth-order valence-corrected chi connectivity index (χ4v) is 2.43. The quantitative estimate of drug-likeness (QED) is 0.880. The van der Waals surface area contributed by atoms with Crippen molar-refractivity contribution in [2.24, 2.45) is 5.73 Å². The number of nitrogens with zero attached hydrogens (tertiary/aromatic N) is 1. The summed E-state index contributed by atoms with van der Waals surface area (Å²) in [5.74, 6) is 0.891. The summed E-state index contributed by atoms with van der Waals surface area (Å²) in [6.07, 6.45) is 0.170. The van der Waals surface area contributed by atoms with Gasteiger partial charge >= 0.3 is 0 Å². The van der Waals surface area contributed by atoms with Crippen LogP contribution in [-0.2, 0) is 0 Å². The van der Waals surface area contributed by atoms with Crippen LogP contribution in [0.2, 0.25) is 0 Å². The Balaban J connectivity index is 2.25. The minimum atomic E-state index is 0.128. The summed E-state index contributed by atoms with van der Waals surface area (Å²) in [4.78, 5) is 2.20. The van der Waals surface area contributed by atoms with Crippen molar-refractivity contribution in [2.45, 2.75) is 26.0 Å². The van der Waals surface area contributed by atoms with Crippen molar-refractivity contribution < 1.29 is 4.74 Å². The molecule has 0 spiro atoms. The average molecular weight is 284 g/mol. The molecule has 0 saturated heterocycles. The van der Waals surface area contributed by atoms with Crippen LogP contribution in [0.5, 0.6) is 5.75 Å². The molecule has 3 nitrogen and oxygen atoms in total. The fourth-order valence-electron chi connectivity index (χ4n) is 2.43. The van der Waals surface area contributed by atoms with Gasteiger partial charge in [0.05, 0.1) is 12.1 Å². The van der Waals surface area contributed by atoms with Crippen LogP contribution < -0.4 is 15.4 Å². The summed E-state index contributed by atoms with van der Waals surface area (Å²) in [5, 5.41) is 0. The van der Waals surface area contributed by atoms with Crippen molar-refractivity contribution in [3.63, 3.8) is 0 Å². The number of hydrogen-bond acceptors (Lipinski definition) is 3. The molecule has 2 rings (SSSR count). The number of para-hydroxylation sites is 1. The van der Waals surface area contributed by atoms with E-state index in [0.717, 1.165) is 11.4 Å². The van der Waals surface area contributed by atoms with Crippen LogP contribution in [0, 0.1) is 0 Å². The van der Waals surface area contributed by atoms with Gasteiger partial charge < -0.3 is 15.4 Å². The Morgan fingerprint density at radius 2 is 1.76 bits per heavy atom.